The van der Waals surface area contributed by atoms with Crippen molar-refractivity contribution in [2.45, 2.75) is 18.9 Å². The molecule has 0 saturated carbocycles. The number of hydrogen-bond donors (Lipinski definition) is 3. The normalized spacial score (nSPS) is 19.1. The second-order valence-electron chi connectivity index (χ2n) is 3.90. The molecular weight excluding hydrogens is 240 g/mol. The van der Waals surface area contributed by atoms with E-state index in [1.165, 1.54) is 0 Å². The molecule has 2 heterocycles. The number of piperidine rings is 1. The van der Waals surface area contributed by atoms with Crippen LogP contribution in [0.3, 0.4) is 0 Å². The summed E-state index contributed by atoms with van der Waals surface area (Å²) in [6, 6.07) is -0.101. The van der Waals surface area contributed by atoms with E-state index in [1.54, 1.807) is 0 Å². The number of nitrogen functional groups attached to an aromatic ring is 1. The lowest BCUT2D eigenvalue weighted by atomic mass is 10.1. The van der Waals surface area contributed by atoms with Gasteiger partial charge in [0.05, 0.1) is 4.92 Å². The van der Waals surface area contributed by atoms with Crippen LogP contribution in [0.4, 0.5) is 17.5 Å². The van der Waals surface area contributed by atoms with Crippen molar-refractivity contribution in [1.82, 2.24) is 15.3 Å². The fourth-order valence-corrected chi connectivity index (χ4v) is 1.68. The first kappa shape index (κ1) is 12.0. The number of carbonyl (C=O) groups excluding carboxylic acids is 1. The molecule has 1 aromatic heterocycles. The fraction of sp³-hybridized carbons (Fsp3) is 0.444. The number of nitrogens with one attached hydrogen (secondary N) is 2. The Morgan fingerprint density at radius 2 is 2.39 bits per heavy atom. The Morgan fingerprint density at radius 1 is 1.61 bits per heavy atom. The van der Waals surface area contributed by atoms with E-state index in [2.05, 4.69) is 20.6 Å². The average molecular weight is 252 g/mol. The van der Waals surface area contributed by atoms with E-state index in [4.69, 9.17) is 5.73 Å². The molecule has 96 valence electrons. The summed E-state index contributed by atoms with van der Waals surface area (Å²) in [6.07, 6.45) is 2.03. The summed E-state index contributed by atoms with van der Waals surface area (Å²) in [4.78, 5) is 28.6. The molecule has 1 unspecified atom stereocenters. The number of aromatic nitrogens is 2. The first-order chi connectivity index (χ1) is 8.56. The minimum Gasteiger partial charge on any atom is -0.368 e. The molecule has 1 aliphatic rings. The molecule has 0 aromatic carbocycles. The second-order valence-corrected chi connectivity index (χ2v) is 3.90. The van der Waals surface area contributed by atoms with Crippen LogP contribution >= 0.6 is 0 Å². The first-order valence-electron chi connectivity index (χ1n) is 5.36. The molecule has 18 heavy (non-hydrogen) atoms. The number of carbonyl (C=O) groups is 1. The van der Waals surface area contributed by atoms with Crippen LogP contribution in [-0.4, -0.2) is 33.4 Å². The average Bonchev–Trinajstić information content (AvgIpc) is 2.32. The van der Waals surface area contributed by atoms with E-state index in [-0.39, 0.29) is 29.4 Å². The number of anilines is 2. The van der Waals surface area contributed by atoms with Crippen LogP contribution < -0.4 is 16.4 Å². The van der Waals surface area contributed by atoms with Gasteiger partial charge in [-0.3, -0.25) is 14.9 Å². The minimum absolute atomic E-state index is 0.0234. The SMILES string of the molecule is Nc1ncc([N+](=O)[O-])c(NC2CCC(=O)NC2)n1. The zero-order chi connectivity index (χ0) is 13.1. The summed E-state index contributed by atoms with van der Waals surface area (Å²) in [6.45, 7) is 0.403. The van der Waals surface area contributed by atoms with Crippen molar-refractivity contribution in [2.24, 2.45) is 0 Å². The number of nitro groups is 1. The number of hydrogen-bond acceptors (Lipinski definition) is 7. The van der Waals surface area contributed by atoms with E-state index in [0.29, 0.717) is 19.4 Å². The molecule has 1 amide bonds. The molecule has 9 nitrogen and oxygen atoms in total. The molecule has 0 bridgehead atoms. The van der Waals surface area contributed by atoms with Crippen molar-refractivity contribution in [3.8, 4) is 0 Å². The van der Waals surface area contributed by atoms with Gasteiger partial charge in [0.25, 0.3) is 0 Å². The topological polar surface area (TPSA) is 136 Å². The van der Waals surface area contributed by atoms with Gasteiger partial charge < -0.3 is 16.4 Å². The molecule has 1 aliphatic heterocycles. The molecule has 4 N–H and O–H groups in total. The highest BCUT2D eigenvalue weighted by Crippen LogP contribution is 2.23. The van der Waals surface area contributed by atoms with Gasteiger partial charge >= 0.3 is 5.69 Å². The van der Waals surface area contributed by atoms with Crippen LogP contribution in [0.25, 0.3) is 0 Å². The smallest absolute Gasteiger partial charge is 0.329 e. The quantitative estimate of drug-likeness (QED) is 0.494. The van der Waals surface area contributed by atoms with Crippen molar-refractivity contribution in [2.75, 3.05) is 17.6 Å². The highest BCUT2D eigenvalue weighted by atomic mass is 16.6. The molecular formula is C9H12N6O3. The highest BCUT2D eigenvalue weighted by molar-refractivity contribution is 5.77. The molecule has 1 atom stereocenters. The maximum absolute atomic E-state index is 11.0. The maximum Gasteiger partial charge on any atom is 0.329 e. The van der Waals surface area contributed by atoms with Crippen LogP contribution in [0.1, 0.15) is 12.8 Å². The number of rotatable bonds is 3. The van der Waals surface area contributed by atoms with Crippen LogP contribution in [0.15, 0.2) is 6.20 Å². The Balaban J connectivity index is 2.15. The Kier molecular flexibility index (Phi) is 3.22. The van der Waals surface area contributed by atoms with E-state index < -0.39 is 4.92 Å². The standard InChI is InChI=1S/C9H12N6O3/c10-9-12-4-6(15(17)18)8(14-9)13-5-1-2-7(16)11-3-5/h4-5H,1-3H2,(H,11,16)(H3,10,12,13,14). The highest BCUT2D eigenvalue weighted by Gasteiger charge is 2.23. The maximum atomic E-state index is 11.0. The molecule has 9 heteroatoms. The number of nitrogens with two attached hydrogens (primary N) is 1. The molecule has 2 rings (SSSR count). The first-order valence-corrected chi connectivity index (χ1v) is 5.36. The summed E-state index contributed by atoms with van der Waals surface area (Å²) in [5.74, 6) is 0.0151. The Hall–Kier alpha value is -2.45. The third kappa shape index (κ3) is 2.62. The van der Waals surface area contributed by atoms with Gasteiger partial charge in [-0.25, -0.2) is 4.98 Å². The fourth-order valence-electron chi connectivity index (χ4n) is 1.68. The van der Waals surface area contributed by atoms with Gasteiger partial charge in [0, 0.05) is 19.0 Å². The molecule has 0 aliphatic carbocycles. The van der Waals surface area contributed by atoms with Crippen LogP contribution in [-0.2, 0) is 4.79 Å². The van der Waals surface area contributed by atoms with Crippen LogP contribution in [0.5, 0.6) is 0 Å². The van der Waals surface area contributed by atoms with Gasteiger partial charge in [-0.1, -0.05) is 0 Å². The van der Waals surface area contributed by atoms with Crippen molar-refractivity contribution in [1.29, 1.82) is 0 Å². The summed E-state index contributed by atoms with van der Waals surface area (Å²) in [5, 5.41) is 16.4. The van der Waals surface area contributed by atoms with Gasteiger partial charge in [-0.2, -0.15) is 4.98 Å². The lowest BCUT2D eigenvalue weighted by molar-refractivity contribution is -0.384. The second kappa shape index (κ2) is 4.82. The number of amides is 1. The molecule has 1 saturated heterocycles. The monoisotopic (exact) mass is 252 g/mol. The van der Waals surface area contributed by atoms with Crippen LogP contribution in [0, 0.1) is 10.1 Å². The zero-order valence-corrected chi connectivity index (χ0v) is 9.42. The summed E-state index contributed by atoms with van der Waals surface area (Å²) in [5.41, 5.74) is 5.17. The van der Waals surface area contributed by atoms with Gasteiger partial charge in [0.1, 0.15) is 6.20 Å². The van der Waals surface area contributed by atoms with E-state index in [9.17, 15) is 14.9 Å². The van der Waals surface area contributed by atoms with Crippen molar-refractivity contribution < 1.29 is 9.72 Å². The van der Waals surface area contributed by atoms with E-state index in [0.717, 1.165) is 6.20 Å². The van der Waals surface area contributed by atoms with Crippen molar-refractivity contribution >= 4 is 23.4 Å². The van der Waals surface area contributed by atoms with Gasteiger partial charge in [0.15, 0.2) is 0 Å². The summed E-state index contributed by atoms with van der Waals surface area (Å²) < 4.78 is 0. The largest absolute Gasteiger partial charge is 0.368 e. The third-order valence-electron chi connectivity index (χ3n) is 2.59. The predicted molar refractivity (Wildman–Crippen MR) is 62.8 cm³/mol. The summed E-state index contributed by atoms with van der Waals surface area (Å²) in [7, 11) is 0. The Labute approximate surface area is 102 Å². The molecule has 0 spiro atoms. The molecule has 0 radical (unpaired) electrons. The minimum atomic E-state index is -0.580. The predicted octanol–water partition coefficient (Wildman–Crippen LogP) is -0.343. The Morgan fingerprint density at radius 3 is 3.00 bits per heavy atom. The lowest BCUT2D eigenvalue weighted by Crippen LogP contribution is -2.42. The van der Waals surface area contributed by atoms with Gasteiger partial charge in [-0.05, 0) is 6.42 Å². The molecule has 1 aromatic rings. The third-order valence-corrected chi connectivity index (χ3v) is 2.59. The van der Waals surface area contributed by atoms with Crippen molar-refractivity contribution in [3.05, 3.63) is 16.3 Å². The Bertz CT molecular complexity index is 481. The lowest BCUT2D eigenvalue weighted by Gasteiger charge is -2.23. The van der Waals surface area contributed by atoms with E-state index >= 15 is 0 Å². The molecule has 1 fully saturated rings. The zero-order valence-electron chi connectivity index (χ0n) is 9.42. The van der Waals surface area contributed by atoms with Gasteiger partial charge in [0.2, 0.25) is 17.7 Å². The number of nitrogens with zero attached hydrogens (tertiary/aromatic N) is 3. The van der Waals surface area contributed by atoms with Crippen LogP contribution in [0.2, 0.25) is 0 Å². The summed E-state index contributed by atoms with van der Waals surface area (Å²) >= 11 is 0. The van der Waals surface area contributed by atoms with Crippen molar-refractivity contribution in [3.63, 3.8) is 0 Å². The van der Waals surface area contributed by atoms with E-state index in [1.807, 2.05) is 0 Å². The van der Waals surface area contributed by atoms with Gasteiger partial charge in [-0.15, -0.1) is 0 Å².